The Balaban J connectivity index is 1.08. The van der Waals surface area contributed by atoms with Crippen molar-refractivity contribution < 1.29 is 0 Å². The lowest BCUT2D eigenvalue weighted by molar-refractivity contribution is 0.770. The second kappa shape index (κ2) is 13.9. The Morgan fingerprint density at radius 1 is 0.355 bits per heavy atom. The molecule has 0 spiro atoms. The van der Waals surface area contributed by atoms with Gasteiger partial charge in [0.25, 0.3) is 0 Å². The van der Waals surface area contributed by atoms with Gasteiger partial charge >= 0.3 is 0 Å². The van der Waals surface area contributed by atoms with Crippen LogP contribution in [0.4, 0.5) is 17.1 Å². The maximum Gasteiger partial charge on any atom is 0.0719 e. The van der Waals surface area contributed by atoms with E-state index in [4.69, 9.17) is 0 Å². The second-order valence-electron chi connectivity index (χ2n) is 16.3. The van der Waals surface area contributed by atoms with Crippen LogP contribution in [-0.4, -0.2) is 0 Å². The Morgan fingerprint density at radius 2 is 0.984 bits per heavy atom. The van der Waals surface area contributed by atoms with Crippen LogP contribution in [0, 0.1) is 0 Å². The van der Waals surface area contributed by atoms with Crippen molar-refractivity contribution in [1.82, 2.24) is 0 Å². The van der Waals surface area contributed by atoms with Gasteiger partial charge in [-0.15, -0.1) is 22.7 Å². The molecule has 0 aliphatic heterocycles. The maximum absolute atomic E-state index is 2.51. The molecule has 1 nitrogen and oxygen atoms in total. The van der Waals surface area contributed by atoms with Gasteiger partial charge < -0.3 is 4.90 Å². The molecule has 0 unspecified atom stereocenters. The van der Waals surface area contributed by atoms with Crippen LogP contribution in [0.2, 0.25) is 0 Å². The predicted octanol–water partition coefficient (Wildman–Crippen LogP) is 17.1. The molecule has 2 aromatic heterocycles. The molecule has 10 aromatic carbocycles. The van der Waals surface area contributed by atoms with Gasteiger partial charge in [-0.25, -0.2) is 0 Å². The normalized spacial score (nSPS) is 13.0. The van der Waals surface area contributed by atoms with E-state index < -0.39 is 5.41 Å². The van der Waals surface area contributed by atoms with Crippen LogP contribution >= 0.6 is 22.7 Å². The van der Waals surface area contributed by atoms with Gasteiger partial charge in [-0.05, 0) is 97.7 Å². The van der Waals surface area contributed by atoms with Crippen molar-refractivity contribution >= 4 is 90.9 Å². The Labute approximate surface area is 368 Å². The molecule has 0 amide bonds. The average molecular weight is 824 g/mol. The highest BCUT2D eigenvalue weighted by atomic mass is 32.1. The van der Waals surface area contributed by atoms with Crippen LogP contribution in [0.1, 0.15) is 22.3 Å². The van der Waals surface area contributed by atoms with Gasteiger partial charge in [-0.2, -0.15) is 0 Å². The summed E-state index contributed by atoms with van der Waals surface area (Å²) in [5.41, 5.74) is 13.1. The fraction of sp³-hybridized carbons (Fsp3) is 0.0169. The largest absolute Gasteiger partial charge is 0.309 e. The van der Waals surface area contributed by atoms with E-state index in [-0.39, 0.29) is 0 Å². The number of hydrogen-bond donors (Lipinski definition) is 0. The van der Waals surface area contributed by atoms with E-state index in [0.29, 0.717) is 0 Å². The molecule has 1 aliphatic carbocycles. The molecule has 62 heavy (non-hydrogen) atoms. The summed E-state index contributed by atoms with van der Waals surface area (Å²) in [6, 6.07) is 83.6. The first-order chi connectivity index (χ1) is 30.8. The molecule has 12 aromatic rings. The molecule has 13 rings (SSSR count). The predicted molar refractivity (Wildman–Crippen MR) is 267 cm³/mol. The molecule has 0 saturated carbocycles. The third-order valence-corrected chi connectivity index (χ3v) is 15.5. The highest BCUT2D eigenvalue weighted by Crippen LogP contribution is 2.59. The molecule has 0 saturated heterocycles. The number of rotatable bonds is 6. The van der Waals surface area contributed by atoms with Gasteiger partial charge in [0.1, 0.15) is 0 Å². The van der Waals surface area contributed by atoms with Crippen molar-refractivity contribution in [2.45, 2.75) is 5.41 Å². The summed E-state index contributed by atoms with van der Waals surface area (Å²) in [5, 5.41) is 7.74. The fourth-order valence-electron chi connectivity index (χ4n) is 10.5. The van der Waals surface area contributed by atoms with Crippen LogP contribution in [-0.2, 0) is 5.41 Å². The van der Waals surface area contributed by atoms with Gasteiger partial charge in [0, 0.05) is 47.0 Å². The Morgan fingerprint density at radius 3 is 1.84 bits per heavy atom. The minimum Gasteiger partial charge on any atom is -0.309 e. The average Bonchev–Trinajstić information content (AvgIpc) is 4.01. The summed E-state index contributed by atoms with van der Waals surface area (Å²) in [6.07, 6.45) is 0. The summed E-state index contributed by atoms with van der Waals surface area (Å²) >= 11 is 3.77. The number of fused-ring (bicyclic) bond motifs is 11. The lowest BCUT2D eigenvalue weighted by Crippen LogP contribution is -2.29. The first kappa shape index (κ1) is 35.5. The van der Waals surface area contributed by atoms with Crippen LogP contribution in [0.3, 0.4) is 0 Å². The number of anilines is 3. The van der Waals surface area contributed by atoms with Crippen LogP contribution in [0.25, 0.3) is 73.4 Å². The maximum atomic E-state index is 2.51. The molecule has 0 N–H and O–H groups in total. The molecule has 0 atom stereocenters. The van der Waals surface area contributed by atoms with E-state index in [9.17, 15) is 0 Å². The molecular formula is C59H37NS2. The lowest BCUT2D eigenvalue weighted by atomic mass is 9.66. The van der Waals surface area contributed by atoms with E-state index in [1.165, 1.54) is 101 Å². The summed E-state index contributed by atoms with van der Waals surface area (Å²) in [5.74, 6) is 0. The summed E-state index contributed by atoms with van der Waals surface area (Å²) in [4.78, 5) is 2.51. The molecule has 0 fully saturated rings. The summed E-state index contributed by atoms with van der Waals surface area (Å²) in [6.45, 7) is 0. The van der Waals surface area contributed by atoms with E-state index in [0.717, 1.165) is 11.4 Å². The third-order valence-electron chi connectivity index (χ3n) is 13.1. The zero-order chi connectivity index (χ0) is 40.8. The number of thiophene rings is 2. The zero-order valence-electron chi connectivity index (χ0n) is 33.6. The number of benzene rings is 10. The van der Waals surface area contributed by atoms with Crippen LogP contribution in [0.15, 0.2) is 224 Å². The molecule has 0 bridgehead atoms. The highest BCUT2D eigenvalue weighted by molar-refractivity contribution is 7.27. The Bertz CT molecular complexity index is 3670. The topological polar surface area (TPSA) is 3.24 Å². The minimum absolute atomic E-state index is 0.517. The monoisotopic (exact) mass is 823 g/mol. The van der Waals surface area contributed by atoms with Crippen molar-refractivity contribution in [2.75, 3.05) is 4.90 Å². The van der Waals surface area contributed by atoms with Crippen LogP contribution in [0.5, 0.6) is 0 Å². The third kappa shape index (κ3) is 5.13. The second-order valence-corrected chi connectivity index (χ2v) is 18.4. The van der Waals surface area contributed by atoms with Crippen molar-refractivity contribution in [1.29, 1.82) is 0 Å². The van der Waals surface area contributed by atoms with E-state index in [1.807, 2.05) is 22.7 Å². The quantitative estimate of drug-likeness (QED) is 0.161. The minimum atomic E-state index is -0.517. The number of nitrogens with zero attached hydrogens (tertiary/aromatic N) is 1. The fourth-order valence-corrected chi connectivity index (χ4v) is 13.0. The van der Waals surface area contributed by atoms with E-state index in [2.05, 4.69) is 229 Å². The lowest BCUT2D eigenvalue weighted by Gasteiger charge is -2.35. The van der Waals surface area contributed by atoms with Crippen molar-refractivity contribution in [2.24, 2.45) is 0 Å². The zero-order valence-corrected chi connectivity index (χ0v) is 35.3. The smallest absolute Gasteiger partial charge is 0.0719 e. The molecular weight excluding hydrogens is 787 g/mol. The molecule has 2 heterocycles. The standard InChI is InChI=1S/C59H37NS2/c1-3-18-40(19-4-1)59(41-20-5-2-6-21-41)52-29-11-9-24-46(52)48-27-14-26-44(56(48)59)39-17-13-22-42(36-39)60(43-33-35-55-51(37-43)47-25-10-12-31-54(47)61-55)53-30-15-28-49-50-34-32-38-16-7-8-23-45(38)57(50)62-58(49)53/h1-37H. The molecule has 3 heteroatoms. The molecule has 1 aliphatic rings. The van der Waals surface area contributed by atoms with Gasteiger partial charge in [0.15, 0.2) is 0 Å². The van der Waals surface area contributed by atoms with E-state index in [1.54, 1.807) is 0 Å². The van der Waals surface area contributed by atoms with Crippen molar-refractivity contribution in [3.8, 4) is 22.3 Å². The first-order valence-electron chi connectivity index (χ1n) is 21.2. The van der Waals surface area contributed by atoms with Crippen molar-refractivity contribution in [3.05, 3.63) is 247 Å². The van der Waals surface area contributed by atoms with Gasteiger partial charge in [0.05, 0.1) is 15.8 Å². The molecule has 290 valence electrons. The Hall–Kier alpha value is -7.30. The van der Waals surface area contributed by atoms with Gasteiger partial charge in [-0.1, -0.05) is 182 Å². The van der Waals surface area contributed by atoms with Crippen molar-refractivity contribution in [3.63, 3.8) is 0 Å². The Kier molecular flexibility index (Phi) is 7.93. The highest BCUT2D eigenvalue weighted by Gasteiger charge is 2.47. The van der Waals surface area contributed by atoms with Crippen LogP contribution < -0.4 is 4.90 Å². The van der Waals surface area contributed by atoms with E-state index >= 15 is 0 Å². The summed E-state index contributed by atoms with van der Waals surface area (Å²) < 4.78 is 5.22. The van der Waals surface area contributed by atoms with Gasteiger partial charge in [0.2, 0.25) is 0 Å². The summed E-state index contributed by atoms with van der Waals surface area (Å²) in [7, 11) is 0. The van der Waals surface area contributed by atoms with Gasteiger partial charge in [-0.3, -0.25) is 0 Å². The SMILES string of the molecule is c1ccc(C2(c3ccccc3)c3ccccc3-c3cccc(-c4cccc(N(c5ccc6sc7ccccc7c6c5)c5cccc6c5sc5c7ccccc7ccc65)c4)c32)cc1. The first-order valence-corrected chi connectivity index (χ1v) is 22.9. The molecule has 0 radical (unpaired) electrons. The number of hydrogen-bond acceptors (Lipinski definition) is 3.